The van der Waals surface area contributed by atoms with E-state index >= 15 is 0 Å². The van der Waals surface area contributed by atoms with Crippen LogP contribution in [-0.2, 0) is 9.47 Å². The highest BCUT2D eigenvalue weighted by atomic mass is 19.3. The Bertz CT molecular complexity index is 2520. The minimum absolute atomic E-state index is 0.156. The molecule has 0 aromatic carbocycles. The van der Waals surface area contributed by atoms with E-state index in [9.17, 15) is 8.78 Å². The van der Waals surface area contributed by atoms with Crippen LogP contribution in [-0.4, -0.2) is 304 Å². The van der Waals surface area contributed by atoms with Crippen molar-refractivity contribution >= 4 is 0 Å². The maximum Gasteiger partial charge on any atom is 0.250 e. The number of nitrogens with one attached hydrogen (secondary N) is 3. The van der Waals surface area contributed by atoms with Crippen LogP contribution < -0.4 is 16.0 Å². The van der Waals surface area contributed by atoms with E-state index in [4.69, 9.17) is 9.47 Å². The van der Waals surface area contributed by atoms with Crippen LogP contribution in [0.1, 0.15) is 377 Å². The molecule has 0 aromatic heterocycles. The van der Waals surface area contributed by atoms with Gasteiger partial charge in [-0.25, -0.2) is 8.78 Å². The maximum atomic E-state index is 11.3. The summed E-state index contributed by atoms with van der Waals surface area (Å²) in [6.07, 6.45) is 27.4. The SMILES string of the molecule is C=C(C)N(C)C(C)C.C=C(C)NC(C)C.CC(C)C1CCCN(C)C1.CC(C)C1CCCN(C)C1.CC(C)C1CCCN1C.CC(C)C1CCCNC1.CC(C)C1CCCO1.CC(C)C1CCN(C)CC1.CC(C)C1CCOCC1.CC(C)NCC(F)F.CC(C)[C@@H]1CCCN1C.CC(C)[C@@H]1C[C@H](C)CN1C.CC(C)[C@H]1CCCN1C.CC(C)[C@H]1C[C@@H](C)CN1C.CC1CC(C(C)C)N(C)C1. The summed E-state index contributed by atoms with van der Waals surface area (Å²) >= 11 is 0. The van der Waals surface area contributed by atoms with Crippen molar-refractivity contribution in [2.45, 2.75) is 444 Å². The molecular formula is C119H251F2N13O2. The highest BCUT2D eigenvalue weighted by Crippen LogP contribution is 2.32. The van der Waals surface area contributed by atoms with Crippen LogP contribution in [0.25, 0.3) is 0 Å². The third-order valence-electron chi connectivity index (χ3n) is 31.5. The van der Waals surface area contributed by atoms with Gasteiger partial charge in [0.25, 0.3) is 6.43 Å². The molecule has 3 N–H and O–H groups in total. The van der Waals surface area contributed by atoms with Crippen LogP contribution in [0.3, 0.4) is 0 Å². The molecule has 818 valence electrons. The molecule has 12 saturated heterocycles. The normalized spacial score (nSPS) is 26.8. The number of ether oxygens (including phenoxy) is 2. The van der Waals surface area contributed by atoms with E-state index in [2.05, 4.69) is 356 Å². The summed E-state index contributed by atoms with van der Waals surface area (Å²) in [6, 6.07) is 6.38. The molecule has 17 heteroatoms. The van der Waals surface area contributed by atoms with Crippen molar-refractivity contribution in [3.05, 3.63) is 24.6 Å². The molecule has 0 bridgehead atoms. The van der Waals surface area contributed by atoms with E-state index in [-0.39, 0.29) is 12.6 Å². The number of halogens is 2. The molecule has 0 amide bonds. The monoisotopic (exact) mass is 1930 g/mol. The first-order valence-electron chi connectivity index (χ1n) is 57.3. The van der Waals surface area contributed by atoms with Crippen molar-refractivity contribution in [1.82, 2.24) is 64.9 Å². The molecule has 12 fully saturated rings. The molecule has 0 radical (unpaired) electrons. The minimum atomic E-state index is -2.22. The Morgan fingerprint density at radius 2 is 0.676 bits per heavy atom. The summed E-state index contributed by atoms with van der Waals surface area (Å²) < 4.78 is 33.3. The van der Waals surface area contributed by atoms with Crippen LogP contribution in [0.4, 0.5) is 8.78 Å². The molecule has 12 heterocycles. The Kier molecular flexibility index (Phi) is 81.1. The van der Waals surface area contributed by atoms with Crippen LogP contribution in [0.2, 0.25) is 0 Å². The smallest absolute Gasteiger partial charge is 0.250 e. The molecule has 136 heavy (non-hydrogen) atoms. The maximum absolute atomic E-state index is 11.3. The van der Waals surface area contributed by atoms with Gasteiger partial charge in [-0.2, -0.15) is 0 Å². The number of hydrogen-bond acceptors (Lipinski definition) is 15. The first-order valence-corrected chi connectivity index (χ1v) is 57.3. The molecule has 12 rings (SSSR count). The van der Waals surface area contributed by atoms with E-state index in [0.29, 0.717) is 18.2 Å². The van der Waals surface area contributed by atoms with Crippen molar-refractivity contribution < 1.29 is 18.3 Å². The van der Waals surface area contributed by atoms with Gasteiger partial charge in [-0.05, 0) is 417 Å². The van der Waals surface area contributed by atoms with Crippen LogP contribution in [0.5, 0.6) is 0 Å². The number of hydrogen-bond donors (Lipinski definition) is 3. The fourth-order valence-electron chi connectivity index (χ4n) is 22.0. The zero-order valence-corrected chi connectivity index (χ0v) is 100. The number of rotatable bonds is 19. The Labute approximate surface area is 853 Å². The molecule has 7 unspecified atom stereocenters. The third kappa shape index (κ3) is 68.7. The standard InChI is InChI=1S/6C9H19N.4C8H17N.C8H16O.C7H15N.C7H14O.C6H13N.C5H11F2N/c3*1-7(2)9-5-8(3)6-10(9)4;1-8(2)9-4-6-10(3)7-5-9;2*1-8(2)9-5-4-6-10(3)7-9;3*1-7(2)8-5-4-6-9(8)3;1-7(2)8-4-3-5-9-6-8;1-7(2)8-3-5-9-6-4-8;1-6(2)8(5)7(3)4;1-6(2)7-4-3-5-8-7;1-5(2)7-6(3)4;1-4(2)8-3-5(6)7/h3*7-9H,5-6H2,1-4H3;3*8-9H,4-7H2,1-3H3;3*7-8H,4-6H2,1-3H3;7-9H,3-6H2,1-2H3;7-8H,3-6H2,1-2H3;7H,1H2,2-5H3;6-7H,3-5H2,1-2H3;6-7H,1H2,2-4H3;4-5,8H,3H2,1-2H3/t2*8-,9-;;;;;2*8-;;;;;;;/m10....10......./s1. The van der Waals surface area contributed by atoms with Crippen LogP contribution in [0, 0.1) is 118 Å². The van der Waals surface area contributed by atoms with Crippen molar-refractivity contribution in [3.8, 4) is 0 Å². The molecule has 0 saturated carbocycles. The first-order chi connectivity index (χ1) is 63.3. The summed E-state index contributed by atoms with van der Waals surface area (Å²) in [5.74, 6) is 17.6. The van der Waals surface area contributed by atoms with Gasteiger partial charge in [0.2, 0.25) is 0 Å². The summed E-state index contributed by atoms with van der Waals surface area (Å²) in [6.45, 7) is 107. The van der Waals surface area contributed by atoms with Crippen LogP contribution >= 0.6 is 0 Å². The van der Waals surface area contributed by atoms with E-state index in [1.165, 1.54) is 226 Å². The van der Waals surface area contributed by atoms with Crippen molar-refractivity contribution in [2.24, 2.45) is 118 Å². The van der Waals surface area contributed by atoms with E-state index in [1.807, 2.05) is 34.7 Å². The Balaban J connectivity index is -0.00000140. The molecule has 12 aliphatic heterocycles. The lowest BCUT2D eigenvalue weighted by Crippen LogP contribution is -2.34. The van der Waals surface area contributed by atoms with Gasteiger partial charge in [0.15, 0.2) is 0 Å². The topological polar surface area (TPSA) is 86.9 Å². The lowest BCUT2D eigenvalue weighted by atomic mass is 9.87. The second-order valence-electron chi connectivity index (χ2n) is 50.1. The molecule has 0 aliphatic carbocycles. The number of likely N-dealkylation sites (tertiary alicyclic amines) is 9. The van der Waals surface area contributed by atoms with Crippen molar-refractivity contribution in [3.63, 3.8) is 0 Å². The lowest BCUT2D eigenvalue weighted by molar-refractivity contribution is 0.0523. The first kappa shape index (κ1) is 139. The molecule has 12 aliphatic rings. The van der Waals surface area contributed by atoms with Crippen molar-refractivity contribution in [1.29, 1.82) is 0 Å². The number of allylic oxidation sites excluding steroid dienone is 2. The number of nitrogens with zero attached hydrogens (tertiary/aromatic N) is 10. The van der Waals surface area contributed by atoms with Crippen molar-refractivity contribution in [2.75, 3.05) is 188 Å². The fourth-order valence-corrected chi connectivity index (χ4v) is 22.0. The highest BCUT2D eigenvalue weighted by molar-refractivity contribution is 4.90. The second-order valence-corrected chi connectivity index (χ2v) is 50.1. The summed E-state index contributed by atoms with van der Waals surface area (Å²) in [4.78, 5) is 24.4. The van der Waals surface area contributed by atoms with Gasteiger partial charge in [0.1, 0.15) is 0 Å². The molecule has 0 spiro atoms. The Hall–Kier alpha value is -1.58. The predicted octanol–water partition coefficient (Wildman–Crippen LogP) is 27.3. The molecule has 0 aromatic rings. The Morgan fingerprint density at radius 1 is 0.346 bits per heavy atom. The third-order valence-corrected chi connectivity index (χ3v) is 31.5. The fraction of sp³-hybridized carbons (Fsp3) is 0.966. The van der Waals surface area contributed by atoms with E-state index < -0.39 is 6.43 Å². The average molecular weight is 1930 g/mol. The largest absolute Gasteiger partial charge is 0.387 e. The minimum Gasteiger partial charge on any atom is -0.387 e. The molecule has 13 atom stereocenters. The van der Waals surface area contributed by atoms with E-state index in [1.54, 1.807) is 0 Å². The summed E-state index contributed by atoms with van der Waals surface area (Å²) in [5, 5.41) is 9.12. The number of piperidine rings is 4. The van der Waals surface area contributed by atoms with Gasteiger partial charge in [-0.15, -0.1) is 0 Å². The van der Waals surface area contributed by atoms with Crippen LogP contribution in [0.15, 0.2) is 24.6 Å². The lowest BCUT2D eigenvalue weighted by Gasteiger charge is -2.31. The summed E-state index contributed by atoms with van der Waals surface area (Å²) in [7, 11) is 22.2. The van der Waals surface area contributed by atoms with Gasteiger partial charge in [0, 0.05) is 125 Å². The summed E-state index contributed by atoms with van der Waals surface area (Å²) in [5.41, 5.74) is 2.16. The second kappa shape index (κ2) is 79.6. The quantitative estimate of drug-likeness (QED) is 0.115. The predicted molar refractivity (Wildman–Crippen MR) is 604 cm³/mol. The zero-order valence-electron chi connectivity index (χ0n) is 100. The van der Waals surface area contributed by atoms with Gasteiger partial charge < -0.3 is 74.4 Å². The van der Waals surface area contributed by atoms with Gasteiger partial charge in [-0.3, -0.25) is 0 Å². The van der Waals surface area contributed by atoms with Gasteiger partial charge in [-0.1, -0.05) is 214 Å². The number of alkyl halides is 2. The Morgan fingerprint density at radius 3 is 0.831 bits per heavy atom. The average Bonchev–Trinajstić information content (AvgIpc) is 1.74. The highest BCUT2D eigenvalue weighted by Gasteiger charge is 2.33. The van der Waals surface area contributed by atoms with Gasteiger partial charge >= 0.3 is 0 Å². The molecular weight excluding hydrogens is 1680 g/mol. The van der Waals surface area contributed by atoms with E-state index in [0.717, 1.165) is 186 Å². The molecule has 15 nitrogen and oxygen atoms in total. The van der Waals surface area contributed by atoms with Gasteiger partial charge in [0.05, 0.1) is 12.6 Å². The zero-order chi connectivity index (χ0) is 105.